The monoisotopic (exact) mass is 397 g/mol. The first-order valence-corrected chi connectivity index (χ1v) is 10.3. The Morgan fingerprint density at radius 2 is 1.86 bits per heavy atom. The van der Waals surface area contributed by atoms with Crippen molar-refractivity contribution in [3.63, 3.8) is 0 Å². The Kier molecular flexibility index (Phi) is 5.83. The lowest BCUT2D eigenvalue weighted by Crippen LogP contribution is -2.20. The van der Waals surface area contributed by atoms with E-state index in [1.54, 1.807) is 7.11 Å². The zero-order valence-corrected chi connectivity index (χ0v) is 16.5. The molecule has 0 unspecified atom stereocenters. The highest BCUT2D eigenvalue weighted by Gasteiger charge is 2.23. The Labute approximate surface area is 168 Å². The van der Waals surface area contributed by atoms with E-state index in [1.165, 1.54) is 24.6 Å². The first kappa shape index (κ1) is 18.8. The summed E-state index contributed by atoms with van der Waals surface area (Å²) in [7, 11) is 1.62. The Morgan fingerprint density at radius 3 is 2.61 bits per heavy atom. The van der Waals surface area contributed by atoms with Crippen LogP contribution in [0, 0.1) is 0 Å². The van der Waals surface area contributed by atoms with E-state index < -0.39 is 6.10 Å². The molecule has 0 amide bonds. The van der Waals surface area contributed by atoms with Crippen LogP contribution in [0.5, 0.6) is 11.5 Å². The number of aliphatic hydroxyl groups is 1. The summed E-state index contributed by atoms with van der Waals surface area (Å²) in [5.74, 6) is 2.80. The van der Waals surface area contributed by atoms with Gasteiger partial charge in [0.1, 0.15) is 23.9 Å². The minimum absolute atomic E-state index is 0.208. The molecule has 146 valence electrons. The second-order valence-corrected chi connectivity index (χ2v) is 7.73. The van der Waals surface area contributed by atoms with E-state index in [-0.39, 0.29) is 6.61 Å². The van der Waals surface area contributed by atoms with Crippen LogP contribution in [0.1, 0.15) is 12.8 Å². The van der Waals surface area contributed by atoms with Gasteiger partial charge >= 0.3 is 0 Å². The molecule has 3 aromatic rings. The van der Waals surface area contributed by atoms with Gasteiger partial charge in [-0.25, -0.2) is 9.97 Å². The number of anilines is 1. The van der Waals surface area contributed by atoms with E-state index in [9.17, 15) is 5.11 Å². The van der Waals surface area contributed by atoms with Crippen molar-refractivity contribution < 1.29 is 14.6 Å². The maximum Gasteiger partial charge on any atom is 0.190 e. The van der Waals surface area contributed by atoms with Gasteiger partial charge in [0.25, 0.3) is 0 Å². The lowest BCUT2D eigenvalue weighted by atomic mass is 10.2. The van der Waals surface area contributed by atoms with Gasteiger partial charge in [-0.1, -0.05) is 23.9 Å². The van der Waals surface area contributed by atoms with Crippen LogP contribution in [0.4, 0.5) is 5.82 Å². The number of rotatable bonds is 9. The first-order chi connectivity index (χ1) is 13.7. The highest BCUT2D eigenvalue weighted by Crippen LogP contribution is 2.30. The van der Waals surface area contributed by atoms with Crippen molar-refractivity contribution in [2.45, 2.75) is 30.1 Å². The van der Waals surface area contributed by atoms with Crippen molar-refractivity contribution in [2.24, 2.45) is 0 Å². The summed E-state index contributed by atoms with van der Waals surface area (Å²) < 4.78 is 10.8. The van der Waals surface area contributed by atoms with Gasteiger partial charge in [0, 0.05) is 17.2 Å². The largest absolute Gasteiger partial charge is 0.497 e. The lowest BCUT2D eigenvalue weighted by Gasteiger charge is -2.13. The lowest BCUT2D eigenvalue weighted by molar-refractivity contribution is 0.126. The molecule has 4 rings (SSSR count). The van der Waals surface area contributed by atoms with Gasteiger partial charge < -0.3 is 19.9 Å². The Morgan fingerprint density at radius 1 is 1.11 bits per heavy atom. The SMILES string of the molecule is COc1ccc(OC[C@@H](O)CSc2nc(NC3CC3)c3ccccc3n2)cc1. The molecule has 0 bridgehead atoms. The molecule has 2 N–H and O–H groups in total. The Hall–Kier alpha value is -2.51. The number of benzene rings is 2. The van der Waals surface area contributed by atoms with Gasteiger partial charge in [-0.05, 0) is 49.2 Å². The Balaban J connectivity index is 1.36. The molecule has 28 heavy (non-hydrogen) atoms. The fourth-order valence-electron chi connectivity index (χ4n) is 2.73. The van der Waals surface area contributed by atoms with Crippen molar-refractivity contribution in [1.29, 1.82) is 0 Å². The fourth-order valence-corrected chi connectivity index (χ4v) is 3.49. The number of hydrogen-bond acceptors (Lipinski definition) is 7. The molecular weight excluding hydrogens is 374 g/mol. The predicted octanol–water partition coefficient (Wildman–Crippen LogP) is 3.74. The summed E-state index contributed by atoms with van der Waals surface area (Å²) in [6, 6.07) is 15.8. The molecule has 6 nitrogen and oxygen atoms in total. The zero-order chi connectivity index (χ0) is 19.3. The summed E-state index contributed by atoms with van der Waals surface area (Å²) in [5, 5.41) is 15.4. The normalized spacial score (nSPS) is 14.6. The van der Waals surface area contributed by atoms with Crippen LogP contribution in [0.3, 0.4) is 0 Å². The van der Waals surface area contributed by atoms with Crippen LogP contribution in [0.15, 0.2) is 53.7 Å². The molecule has 1 aromatic heterocycles. The number of aliphatic hydroxyl groups excluding tert-OH is 1. The summed E-state index contributed by atoms with van der Waals surface area (Å²) in [5.41, 5.74) is 0.909. The highest BCUT2D eigenvalue weighted by molar-refractivity contribution is 7.99. The number of nitrogens with one attached hydrogen (secondary N) is 1. The number of ether oxygens (including phenoxy) is 2. The molecular formula is C21H23N3O3S. The molecule has 1 fully saturated rings. The van der Waals surface area contributed by atoms with E-state index in [1.807, 2.05) is 48.5 Å². The van der Waals surface area contributed by atoms with E-state index >= 15 is 0 Å². The van der Waals surface area contributed by atoms with Crippen LogP contribution < -0.4 is 14.8 Å². The number of fused-ring (bicyclic) bond motifs is 1. The zero-order valence-electron chi connectivity index (χ0n) is 15.7. The minimum Gasteiger partial charge on any atom is -0.497 e. The smallest absolute Gasteiger partial charge is 0.190 e. The second-order valence-electron chi connectivity index (χ2n) is 6.74. The van der Waals surface area contributed by atoms with Crippen LogP contribution in [0.2, 0.25) is 0 Å². The number of hydrogen-bond donors (Lipinski definition) is 2. The molecule has 1 atom stereocenters. The molecule has 0 spiro atoms. The molecule has 1 saturated carbocycles. The summed E-state index contributed by atoms with van der Waals surface area (Å²) in [6.45, 7) is 0.208. The molecule has 7 heteroatoms. The average Bonchev–Trinajstić information content (AvgIpc) is 3.55. The van der Waals surface area contributed by atoms with E-state index in [0.717, 1.165) is 22.5 Å². The maximum atomic E-state index is 10.3. The third kappa shape index (κ3) is 4.85. The third-order valence-corrected chi connectivity index (χ3v) is 5.40. The summed E-state index contributed by atoms with van der Waals surface area (Å²) >= 11 is 1.43. The maximum absolute atomic E-state index is 10.3. The molecule has 0 radical (unpaired) electrons. The number of para-hydroxylation sites is 1. The topological polar surface area (TPSA) is 76.5 Å². The molecule has 0 aliphatic heterocycles. The van der Waals surface area contributed by atoms with Crippen LogP contribution in [0.25, 0.3) is 10.9 Å². The van der Waals surface area contributed by atoms with Crippen molar-refractivity contribution in [2.75, 3.05) is 24.8 Å². The van der Waals surface area contributed by atoms with Crippen LogP contribution in [-0.4, -0.2) is 46.7 Å². The average molecular weight is 398 g/mol. The highest BCUT2D eigenvalue weighted by atomic mass is 32.2. The van der Waals surface area contributed by atoms with Crippen molar-refractivity contribution >= 4 is 28.5 Å². The number of aromatic nitrogens is 2. The quantitative estimate of drug-likeness (QED) is 0.421. The van der Waals surface area contributed by atoms with Crippen LogP contribution in [-0.2, 0) is 0 Å². The summed E-state index contributed by atoms with van der Waals surface area (Å²) in [6.07, 6.45) is 1.74. The van der Waals surface area contributed by atoms with Gasteiger partial charge in [0.15, 0.2) is 5.16 Å². The van der Waals surface area contributed by atoms with Gasteiger partial charge in [0.05, 0.1) is 18.7 Å². The predicted molar refractivity (Wildman–Crippen MR) is 111 cm³/mol. The second kappa shape index (κ2) is 8.67. The number of nitrogens with zero attached hydrogens (tertiary/aromatic N) is 2. The van der Waals surface area contributed by atoms with E-state index in [0.29, 0.717) is 22.7 Å². The van der Waals surface area contributed by atoms with E-state index in [2.05, 4.69) is 15.3 Å². The Bertz CT molecular complexity index is 932. The van der Waals surface area contributed by atoms with Gasteiger partial charge in [-0.15, -0.1) is 0 Å². The number of thioether (sulfide) groups is 1. The molecule has 0 saturated heterocycles. The summed E-state index contributed by atoms with van der Waals surface area (Å²) in [4.78, 5) is 9.28. The number of methoxy groups -OCH3 is 1. The van der Waals surface area contributed by atoms with Gasteiger partial charge in [-0.3, -0.25) is 0 Å². The molecule has 1 heterocycles. The van der Waals surface area contributed by atoms with Crippen LogP contribution >= 0.6 is 11.8 Å². The van der Waals surface area contributed by atoms with Gasteiger partial charge in [-0.2, -0.15) is 0 Å². The fraction of sp³-hybridized carbons (Fsp3) is 0.333. The third-order valence-electron chi connectivity index (χ3n) is 4.41. The van der Waals surface area contributed by atoms with Crippen molar-refractivity contribution in [1.82, 2.24) is 9.97 Å². The molecule has 1 aliphatic rings. The standard InChI is InChI=1S/C21H23N3O3S/c1-26-16-8-10-17(11-9-16)27-12-15(25)13-28-21-23-19-5-3-2-4-18(19)20(24-21)22-14-6-7-14/h2-5,8-11,14-15,25H,6-7,12-13H2,1H3,(H,22,23,24)/t15-/m1/s1. The van der Waals surface area contributed by atoms with Crippen molar-refractivity contribution in [3.8, 4) is 11.5 Å². The van der Waals surface area contributed by atoms with Gasteiger partial charge in [0.2, 0.25) is 0 Å². The molecule has 1 aliphatic carbocycles. The first-order valence-electron chi connectivity index (χ1n) is 9.32. The minimum atomic E-state index is -0.623. The van der Waals surface area contributed by atoms with E-state index in [4.69, 9.17) is 9.47 Å². The van der Waals surface area contributed by atoms with Crippen molar-refractivity contribution in [3.05, 3.63) is 48.5 Å². The molecule has 2 aromatic carbocycles.